The molecule has 0 aliphatic heterocycles. The SMILES string of the molecule is Cc1ccncc1C#Cc1cc2cc(NC(=O)[C@@H]3C[C@H]3c3cnn(C)c3)ncc2c(N)n1.Cc1ccncc1C#Cc1cc2cc(NC(=O)[C@H]3C[C@@H]3c3cnn(C)c3)ncc2c(N)n1. The number of rotatable bonds is 6. The molecule has 4 atom stereocenters. The summed E-state index contributed by atoms with van der Waals surface area (Å²) < 4.78 is 3.50. The molecule has 0 aromatic carbocycles. The highest BCUT2D eigenvalue weighted by Crippen LogP contribution is 2.48. The average Bonchev–Trinajstić information content (AvgIpc) is 4.18. The molecule has 16 nitrogen and oxygen atoms in total. The number of carbonyl (C=O) groups excluding carboxylic acids is 2. The molecule has 8 aromatic heterocycles. The summed E-state index contributed by atoms with van der Waals surface area (Å²) in [5.74, 6) is 14.1. The second-order valence-electron chi connectivity index (χ2n) is 16.0. The molecule has 0 spiro atoms. The minimum absolute atomic E-state index is 0.0419. The van der Waals surface area contributed by atoms with E-state index < -0.39 is 0 Å². The Morgan fingerprint density at radius 2 is 1.06 bits per heavy atom. The lowest BCUT2D eigenvalue weighted by Crippen LogP contribution is -2.15. The number of anilines is 4. The number of hydrogen-bond donors (Lipinski definition) is 4. The van der Waals surface area contributed by atoms with Gasteiger partial charge in [-0.15, -0.1) is 0 Å². The van der Waals surface area contributed by atoms with Crippen molar-refractivity contribution < 1.29 is 9.59 Å². The van der Waals surface area contributed by atoms with Gasteiger partial charge in [-0.2, -0.15) is 10.2 Å². The Morgan fingerprint density at radius 1 is 0.625 bits per heavy atom. The largest absolute Gasteiger partial charge is 0.383 e. The van der Waals surface area contributed by atoms with Crippen LogP contribution in [-0.4, -0.2) is 61.3 Å². The zero-order chi connectivity index (χ0) is 44.5. The van der Waals surface area contributed by atoms with Crippen LogP contribution in [0.4, 0.5) is 23.3 Å². The maximum absolute atomic E-state index is 12.7. The van der Waals surface area contributed by atoms with Gasteiger partial charge >= 0.3 is 0 Å². The lowest BCUT2D eigenvalue weighted by molar-refractivity contribution is -0.118. The van der Waals surface area contributed by atoms with Crippen LogP contribution in [0.15, 0.2) is 98.4 Å². The van der Waals surface area contributed by atoms with Crippen LogP contribution in [0.3, 0.4) is 0 Å². The van der Waals surface area contributed by atoms with Crippen LogP contribution in [0.2, 0.25) is 0 Å². The number of nitrogens with two attached hydrogens (primary N) is 2. The van der Waals surface area contributed by atoms with E-state index in [0.29, 0.717) is 45.4 Å². The van der Waals surface area contributed by atoms with Crippen molar-refractivity contribution in [2.24, 2.45) is 25.9 Å². The van der Waals surface area contributed by atoms with Crippen LogP contribution in [0.25, 0.3) is 21.5 Å². The molecule has 2 aliphatic rings. The van der Waals surface area contributed by atoms with E-state index in [0.717, 1.165) is 57.0 Å². The highest BCUT2D eigenvalue weighted by atomic mass is 16.2. The molecule has 2 saturated carbocycles. The lowest BCUT2D eigenvalue weighted by atomic mass is 10.1. The van der Waals surface area contributed by atoms with E-state index in [9.17, 15) is 9.59 Å². The van der Waals surface area contributed by atoms with E-state index >= 15 is 0 Å². The summed E-state index contributed by atoms with van der Waals surface area (Å²) in [6.07, 6.45) is 19.3. The van der Waals surface area contributed by atoms with Crippen molar-refractivity contribution in [1.29, 1.82) is 0 Å². The summed E-state index contributed by atoms with van der Waals surface area (Å²) in [7, 11) is 3.74. The van der Waals surface area contributed by atoms with Gasteiger partial charge in [-0.1, -0.05) is 11.8 Å². The van der Waals surface area contributed by atoms with Gasteiger partial charge in [0.15, 0.2) is 0 Å². The molecule has 2 fully saturated rings. The number of amides is 2. The Morgan fingerprint density at radius 3 is 1.45 bits per heavy atom. The number of fused-ring (bicyclic) bond motifs is 2. The molecule has 2 aliphatic carbocycles. The van der Waals surface area contributed by atoms with Gasteiger partial charge in [-0.05, 0) is 120 Å². The van der Waals surface area contributed by atoms with E-state index in [1.165, 1.54) is 0 Å². The molecule has 0 unspecified atom stereocenters. The first-order valence-corrected chi connectivity index (χ1v) is 20.5. The summed E-state index contributed by atoms with van der Waals surface area (Å²) >= 11 is 0. The number of nitrogen functional groups attached to an aromatic ring is 2. The predicted octanol–water partition coefficient (Wildman–Crippen LogP) is 5.58. The molecule has 2 amide bonds. The van der Waals surface area contributed by atoms with E-state index in [2.05, 4.69) is 74.4 Å². The number of nitrogens with zero attached hydrogens (tertiary/aromatic N) is 10. The number of aromatic nitrogens is 10. The molecular weight excluding hydrogens is 805 g/mol. The van der Waals surface area contributed by atoms with Gasteiger partial charge in [-0.25, -0.2) is 19.9 Å². The Hall–Kier alpha value is -8.50. The zero-order valence-corrected chi connectivity index (χ0v) is 35.4. The predicted molar refractivity (Wildman–Crippen MR) is 243 cm³/mol. The molecule has 0 bridgehead atoms. The van der Waals surface area contributed by atoms with Gasteiger partial charge in [0, 0.05) is 97.4 Å². The zero-order valence-electron chi connectivity index (χ0n) is 35.4. The van der Waals surface area contributed by atoms with Crippen molar-refractivity contribution in [3.05, 3.63) is 143 Å². The third kappa shape index (κ3) is 9.07. The Balaban J connectivity index is 0.000000162. The average molecular weight is 847 g/mol. The van der Waals surface area contributed by atoms with Gasteiger partial charge < -0.3 is 22.1 Å². The van der Waals surface area contributed by atoms with Gasteiger partial charge in [-0.3, -0.25) is 28.9 Å². The monoisotopic (exact) mass is 846 g/mol. The fraction of sp³-hybridized carbons (Fsp3) is 0.208. The number of aryl methyl sites for hydroxylation is 4. The topological polar surface area (TPSA) is 223 Å². The van der Waals surface area contributed by atoms with Crippen molar-refractivity contribution in [3.63, 3.8) is 0 Å². The Bertz CT molecular complexity index is 3040. The second kappa shape index (κ2) is 17.1. The van der Waals surface area contributed by atoms with Crippen LogP contribution in [0.1, 0.15) is 69.4 Å². The highest BCUT2D eigenvalue weighted by molar-refractivity contribution is 5.99. The third-order valence-electron chi connectivity index (χ3n) is 11.3. The quantitative estimate of drug-likeness (QED) is 0.151. The molecule has 10 rings (SSSR count). The molecule has 0 saturated heterocycles. The first-order valence-electron chi connectivity index (χ1n) is 20.5. The second-order valence-corrected chi connectivity index (χ2v) is 16.0. The fourth-order valence-corrected chi connectivity index (χ4v) is 7.47. The summed E-state index contributed by atoms with van der Waals surface area (Å²) in [6, 6.07) is 11.1. The molecule has 0 radical (unpaired) electrons. The molecule has 8 aromatic rings. The molecule has 8 heterocycles. The van der Waals surface area contributed by atoms with Crippen molar-refractivity contribution in [2.75, 3.05) is 22.1 Å². The standard InChI is InChI=1S/2C24H21N7O/c2*1-14-5-6-26-10-15(14)3-4-18-7-16-8-22(27-12-21(16)23(25)29-18)30-24(32)20-9-19(20)17-11-28-31(2)13-17/h2*5-8,10-13,19-20H,9H2,1-2H3,(H2,25,29)(H,27,30,32)/t2*19-,20+/m10/s1. The van der Waals surface area contributed by atoms with Crippen LogP contribution in [-0.2, 0) is 23.7 Å². The summed E-state index contributed by atoms with van der Waals surface area (Å²) in [5, 5.41) is 17.3. The van der Waals surface area contributed by atoms with Crippen molar-refractivity contribution in [3.8, 4) is 23.7 Å². The van der Waals surface area contributed by atoms with E-state index in [4.69, 9.17) is 11.5 Å². The number of carbonyl (C=O) groups is 2. The number of pyridine rings is 6. The van der Waals surface area contributed by atoms with Crippen molar-refractivity contribution in [1.82, 2.24) is 49.5 Å². The smallest absolute Gasteiger partial charge is 0.229 e. The Kier molecular flexibility index (Phi) is 10.9. The van der Waals surface area contributed by atoms with Crippen LogP contribution >= 0.6 is 0 Å². The van der Waals surface area contributed by atoms with Gasteiger partial charge in [0.05, 0.1) is 12.4 Å². The van der Waals surface area contributed by atoms with E-state index in [1.807, 2.05) is 77.0 Å². The van der Waals surface area contributed by atoms with Gasteiger partial charge in [0.25, 0.3) is 0 Å². The number of nitrogens with one attached hydrogen (secondary N) is 2. The lowest BCUT2D eigenvalue weighted by Gasteiger charge is -2.07. The van der Waals surface area contributed by atoms with Gasteiger partial charge in [0.2, 0.25) is 11.8 Å². The summed E-state index contributed by atoms with van der Waals surface area (Å²) in [4.78, 5) is 51.0. The molecule has 316 valence electrons. The minimum Gasteiger partial charge on any atom is -0.383 e. The van der Waals surface area contributed by atoms with E-state index in [-0.39, 0.29) is 35.5 Å². The number of hydrogen-bond acceptors (Lipinski definition) is 12. The molecule has 6 N–H and O–H groups in total. The van der Waals surface area contributed by atoms with Crippen LogP contribution < -0.4 is 22.1 Å². The molecule has 64 heavy (non-hydrogen) atoms. The maximum atomic E-state index is 12.7. The van der Waals surface area contributed by atoms with E-state index in [1.54, 1.807) is 58.7 Å². The Labute approximate surface area is 368 Å². The minimum atomic E-state index is -0.0663. The van der Waals surface area contributed by atoms with Gasteiger partial charge in [0.1, 0.15) is 34.7 Å². The normalized spacial score (nSPS) is 16.9. The summed E-state index contributed by atoms with van der Waals surface area (Å²) in [6.45, 7) is 3.96. The molecule has 16 heteroatoms. The van der Waals surface area contributed by atoms with Crippen molar-refractivity contribution in [2.45, 2.75) is 38.5 Å². The first kappa shape index (κ1) is 40.9. The summed E-state index contributed by atoms with van der Waals surface area (Å²) in [5.41, 5.74) is 19.3. The maximum Gasteiger partial charge on any atom is 0.229 e. The third-order valence-corrected chi connectivity index (χ3v) is 11.3. The first-order chi connectivity index (χ1) is 30.9. The van der Waals surface area contributed by atoms with Crippen molar-refractivity contribution >= 4 is 56.6 Å². The molecular formula is C48H42N14O2. The highest BCUT2D eigenvalue weighted by Gasteiger charge is 2.45. The van der Waals surface area contributed by atoms with Crippen LogP contribution in [0, 0.1) is 49.4 Å². The fourth-order valence-electron chi connectivity index (χ4n) is 7.47. The van der Waals surface area contributed by atoms with Crippen LogP contribution in [0.5, 0.6) is 0 Å².